The third-order valence-electron chi connectivity index (χ3n) is 3.37. The first kappa shape index (κ1) is 13.5. The fourth-order valence-corrected chi connectivity index (χ4v) is 2.99. The number of aryl methyl sites for hydroxylation is 1. The number of pyridine rings is 1. The van der Waals surface area contributed by atoms with Gasteiger partial charge in [0.25, 0.3) is 0 Å². The van der Waals surface area contributed by atoms with E-state index in [-0.39, 0.29) is 0 Å². The highest BCUT2D eigenvalue weighted by molar-refractivity contribution is 7.98. The van der Waals surface area contributed by atoms with Crippen molar-refractivity contribution in [2.24, 2.45) is 0 Å². The Bertz CT molecular complexity index is 750. The highest BCUT2D eigenvalue weighted by Gasteiger charge is 2.11. The lowest BCUT2D eigenvalue weighted by atomic mass is 10.0. The van der Waals surface area contributed by atoms with Crippen LogP contribution in [0.3, 0.4) is 0 Å². The van der Waals surface area contributed by atoms with Crippen LogP contribution in [0, 0.1) is 6.92 Å². The van der Waals surface area contributed by atoms with Gasteiger partial charge in [0, 0.05) is 11.3 Å². The number of hydrogen-bond acceptors (Lipinski definition) is 3. The molecule has 0 amide bonds. The van der Waals surface area contributed by atoms with Gasteiger partial charge >= 0.3 is 0 Å². The predicted octanol–water partition coefficient (Wildman–Crippen LogP) is 4.00. The Kier molecular flexibility index (Phi) is 3.68. The summed E-state index contributed by atoms with van der Waals surface area (Å²) in [6.07, 6.45) is 4.40. The molecular formula is C15H14ClN3S. The van der Waals surface area contributed by atoms with Gasteiger partial charge < -0.3 is 0 Å². The number of hydrogen-bond donors (Lipinski definition) is 0. The zero-order chi connectivity index (χ0) is 14.1. The summed E-state index contributed by atoms with van der Waals surface area (Å²) < 4.78 is 1.68. The van der Waals surface area contributed by atoms with Crippen LogP contribution >= 0.6 is 23.4 Å². The molecule has 0 aliphatic carbocycles. The molecular weight excluding hydrogens is 290 g/mol. The molecule has 0 spiro atoms. The van der Waals surface area contributed by atoms with Gasteiger partial charge in [-0.2, -0.15) is 5.10 Å². The van der Waals surface area contributed by atoms with Crippen LogP contribution in [0.25, 0.3) is 5.65 Å². The van der Waals surface area contributed by atoms with Crippen LogP contribution in [0.15, 0.2) is 41.6 Å². The maximum atomic E-state index is 6.45. The van der Waals surface area contributed by atoms with Crippen LogP contribution in [0.1, 0.15) is 16.7 Å². The molecule has 0 aliphatic heterocycles. The quantitative estimate of drug-likeness (QED) is 0.541. The second-order valence-corrected chi connectivity index (χ2v) is 5.89. The number of fused-ring (bicyclic) bond motifs is 1. The lowest BCUT2D eigenvalue weighted by molar-refractivity contribution is 0.935. The Morgan fingerprint density at radius 2 is 2.00 bits per heavy atom. The fourth-order valence-electron chi connectivity index (χ4n) is 2.23. The SMILES string of the molecule is CSc1ccc(Cc2c(C)cc3ncnn3c2Cl)cc1. The topological polar surface area (TPSA) is 30.2 Å². The van der Waals surface area contributed by atoms with Crippen molar-refractivity contribution in [1.82, 2.24) is 14.6 Å². The molecule has 3 aromatic rings. The monoisotopic (exact) mass is 303 g/mol. The lowest BCUT2D eigenvalue weighted by Crippen LogP contribution is -2.00. The van der Waals surface area contributed by atoms with Crippen molar-refractivity contribution in [3.63, 3.8) is 0 Å². The molecule has 20 heavy (non-hydrogen) atoms. The molecule has 0 radical (unpaired) electrons. The molecule has 102 valence electrons. The molecule has 3 nitrogen and oxygen atoms in total. The van der Waals surface area contributed by atoms with Crippen molar-refractivity contribution in [3.8, 4) is 0 Å². The van der Waals surface area contributed by atoms with E-state index in [1.165, 1.54) is 16.8 Å². The highest BCUT2D eigenvalue weighted by Crippen LogP contribution is 2.25. The Hall–Kier alpha value is -1.52. The molecule has 0 fully saturated rings. The summed E-state index contributed by atoms with van der Waals surface area (Å²) in [5.74, 6) is 0. The zero-order valence-electron chi connectivity index (χ0n) is 11.3. The molecule has 0 unspecified atom stereocenters. The fraction of sp³-hybridized carbons (Fsp3) is 0.200. The van der Waals surface area contributed by atoms with Crippen molar-refractivity contribution >= 4 is 29.0 Å². The molecule has 0 atom stereocenters. The number of thioether (sulfide) groups is 1. The predicted molar refractivity (Wildman–Crippen MR) is 83.8 cm³/mol. The standard InChI is InChI=1S/C15H14ClN3S/c1-10-7-14-17-9-18-19(14)15(16)13(10)8-11-3-5-12(20-2)6-4-11/h3-7,9H,8H2,1-2H3. The van der Waals surface area contributed by atoms with E-state index in [4.69, 9.17) is 11.6 Å². The van der Waals surface area contributed by atoms with Crippen LogP contribution in [-0.4, -0.2) is 20.9 Å². The van der Waals surface area contributed by atoms with E-state index >= 15 is 0 Å². The summed E-state index contributed by atoms with van der Waals surface area (Å²) in [7, 11) is 0. The van der Waals surface area contributed by atoms with E-state index in [2.05, 4.69) is 47.5 Å². The molecule has 0 N–H and O–H groups in total. The van der Waals surface area contributed by atoms with Crippen LogP contribution in [-0.2, 0) is 6.42 Å². The molecule has 0 aliphatic rings. The van der Waals surface area contributed by atoms with E-state index in [1.807, 2.05) is 6.07 Å². The second-order valence-electron chi connectivity index (χ2n) is 4.65. The highest BCUT2D eigenvalue weighted by atomic mass is 35.5. The first-order valence-corrected chi connectivity index (χ1v) is 7.90. The summed E-state index contributed by atoms with van der Waals surface area (Å²) >= 11 is 8.20. The van der Waals surface area contributed by atoms with Gasteiger partial charge in [-0.05, 0) is 48.1 Å². The van der Waals surface area contributed by atoms with E-state index in [0.29, 0.717) is 5.15 Å². The minimum absolute atomic E-state index is 0.645. The minimum atomic E-state index is 0.645. The second kappa shape index (κ2) is 5.46. The van der Waals surface area contributed by atoms with Gasteiger partial charge in [0.2, 0.25) is 0 Å². The van der Waals surface area contributed by atoms with Crippen LogP contribution in [0.4, 0.5) is 0 Å². The average molecular weight is 304 g/mol. The first-order valence-electron chi connectivity index (χ1n) is 6.29. The lowest BCUT2D eigenvalue weighted by Gasteiger charge is -2.10. The summed E-state index contributed by atoms with van der Waals surface area (Å²) in [5.41, 5.74) is 4.27. The summed E-state index contributed by atoms with van der Waals surface area (Å²) in [4.78, 5) is 5.44. The zero-order valence-corrected chi connectivity index (χ0v) is 12.9. The molecule has 2 aromatic heterocycles. The maximum Gasteiger partial charge on any atom is 0.157 e. The number of nitrogens with zero attached hydrogens (tertiary/aromatic N) is 3. The molecule has 2 heterocycles. The maximum absolute atomic E-state index is 6.45. The number of benzene rings is 1. The normalized spacial score (nSPS) is 11.2. The van der Waals surface area contributed by atoms with E-state index in [0.717, 1.165) is 23.2 Å². The van der Waals surface area contributed by atoms with Crippen molar-refractivity contribution < 1.29 is 0 Å². The molecule has 0 saturated carbocycles. The van der Waals surface area contributed by atoms with Crippen LogP contribution in [0.5, 0.6) is 0 Å². The van der Waals surface area contributed by atoms with Gasteiger partial charge in [0.1, 0.15) is 11.5 Å². The molecule has 5 heteroatoms. The smallest absolute Gasteiger partial charge is 0.157 e. The number of rotatable bonds is 3. The van der Waals surface area contributed by atoms with Crippen molar-refractivity contribution in [2.75, 3.05) is 6.26 Å². The van der Waals surface area contributed by atoms with Gasteiger partial charge in [0.05, 0.1) is 0 Å². The summed E-state index contributed by atoms with van der Waals surface area (Å²) in [6.45, 7) is 2.06. The Labute approximate surface area is 127 Å². The largest absolute Gasteiger partial charge is 0.215 e. The Balaban J connectivity index is 2.00. The van der Waals surface area contributed by atoms with Crippen LogP contribution < -0.4 is 0 Å². The first-order chi connectivity index (χ1) is 9.69. The summed E-state index contributed by atoms with van der Waals surface area (Å²) in [5, 5.41) is 4.80. The van der Waals surface area contributed by atoms with E-state index in [1.54, 1.807) is 16.3 Å². The minimum Gasteiger partial charge on any atom is -0.215 e. The van der Waals surface area contributed by atoms with E-state index in [9.17, 15) is 0 Å². The van der Waals surface area contributed by atoms with Crippen molar-refractivity contribution in [1.29, 1.82) is 0 Å². The van der Waals surface area contributed by atoms with Gasteiger partial charge in [-0.15, -0.1) is 11.8 Å². The van der Waals surface area contributed by atoms with Gasteiger partial charge in [-0.3, -0.25) is 0 Å². The van der Waals surface area contributed by atoms with Gasteiger partial charge in [0.15, 0.2) is 5.65 Å². The molecule has 0 bridgehead atoms. The van der Waals surface area contributed by atoms with Crippen molar-refractivity contribution in [2.45, 2.75) is 18.2 Å². The average Bonchev–Trinajstić information content (AvgIpc) is 2.92. The summed E-state index contributed by atoms with van der Waals surface area (Å²) in [6, 6.07) is 10.6. The third kappa shape index (κ3) is 2.41. The van der Waals surface area contributed by atoms with Crippen molar-refractivity contribution in [3.05, 3.63) is 58.5 Å². The molecule has 1 aromatic carbocycles. The van der Waals surface area contributed by atoms with E-state index < -0.39 is 0 Å². The third-order valence-corrected chi connectivity index (χ3v) is 4.50. The van der Waals surface area contributed by atoms with Gasteiger partial charge in [-0.25, -0.2) is 9.50 Å². The molecule has 3 rings (SSSR count). The van der Waals surface area contributed by atoms with Crippen LogP contribution in [0.2, 0.25) is 5.15 Å². The Morgan fingerprint density at radius 1 is 1.25 bits per heavy atom. The Morgan fingerprint density at radius 3 is 2.70 bits per heavy atom. The number of halogens is 1. The number of aromatic nitrogens is 3. The molecule has 0 saturated heterocycles. The van der Waals surface area contributed by atoms with Gasteiger partial charge in [-0.1, -0.05) is 23.7 Å².